The lowest BCUT2D eigenvalue weighted by Gasteiger charge is -2.32. The fraction of sp³-hybridized carbons (Fsp3) is 0.381. The molecule has 2 amide bonds. The van der Waals surface area contributed by atoms with Gasteiger partial charge in [0.2, 0.25) is 5.91 Å². The van der Waals surface area contributed by atoms with Crippen molar-refractivity contribution in [3.05, 3.63) is 44.7 Å². The van der Waals surface area contributed by atoms with E-state index in [1.54, 1.807) is 18.3 Å². The zero-order valence-electron chi connectivity index (χ0n) is 17.3. The molecule has 2 fully saturated rings. The van der Waals surface area contributed by atoms with Crippen LogP contribution in [-0.2, 0) is 9.59 Å². The van der Waals surface area contributed by atoms with E-state index in [-0.39, 0.29) is 23.3 Å². The van der Waals surface area contributed by atoms with Gasteiger partial charge < -0.3 is 10.6 Å². The summed E-state index contributed by atoms with van der Waals surface area (Å²) in [4.78, 5) is 46.5. The highest BCUT2D eigenvalue weighted by atomic mass is 32.2. The summed E-state index contributed by atoms with van der Waals surface area (Å²) >= 11 is 6.50. The summed E-state index contributed by atoms with van der Waals surface area (Å²) in [5.74, 6) is -0.164. The Morgan fingerprint density at radius 1 is 1.35 bits per heavy atom. The Balaban J connectivity index is 1.85. The molecule has 2 saturated heterocycles. The van der Waals surface area contributed by atoms with Crippen LogP contribution in [0, 0.1) is 12.8 Å². The van der Waals surface area contributed by atoms with Crippen LogP contribution in [0.25, 0.3) is 11.7 Å². The molecule has 0 atom stereocenters. The van der Waals surface area contributed by atoms with E-state index in [0.29, 0.717) is 58.7 Å². The van der Waals surface area contributed by atoms with E-state index in [1.807, 2.05) is 24.8 Å². The number of thiocarbonyl (C=S) groups is 1. The molecule has 31 heavy (non-hydrogen) atoms. The summed E-state index contributed by atoms with van der Waals surface area (Å²) in [5, 5.41) is 0. The maximum absolute atomic E-state index is 13.5. The van der Waals surface area contributed by atoms with E-state index in [2.05, 4.69) is 0 Å². The molecule has 0 aromatic carbocycles. The molecule has 2 N–H and O–H groups in total. The Hall–Kier alpha value is -2.72. The van der Waals surface area contributed by atoms with Gasteiger partial charge in [0.1, 0.15) is 15.8 Å². The van der Waals surface area contributed by atoms with E-state index in [9.17, 15) is 14.4 Å². The molecule has 0 bridgehead atoms. The summed E-state index contributed by atoms with van der Waals surface area (Å²) in [6, 6.07) is 3.70. The molecule has 162 valence electrons. The maximum Gasteiger partial charge on any atom is 0.267 e. The number of aromatic nitrogens is 2. The van der Waals surface area contributed by atoms with Crippen LogP contribution in [0.2, 0.25) is 0 Å². The SMILES string of the molecule is CCN1C(=O)C(=Cc2c(N3CCC(C(N)=O)CC3)nc3c(C)cccn3c2=O)SC1=S. The number of likely N-dealkylation sites (N-methyl/N-ethyl adjacent to an activating group) is 1. The van der Waals surface area contributed by atoms with Crippen LogP contribution in [-0.4, -0.2) is 50.1 Å². The lowest BCUT2D eigenvalue weighted by Crippen LogP contribution is -2.40. The first-order valence-electron chi connectivity index (χ1n) is 10.1. The second kappa shape index (κ2) is 8.43. The van der Waals surface area contributed by atoms with Crippen molar-refractivity contribution in [2.45, 2.75) is 26.7 Å². The topological polar surface area (TPSA) is 101 Å². The number of nitrogens with zero attached hydrogens (tertiary/aromatic N) is 4. The standard InChI is InChI=1S/C21H23N5O3S2/c1-3-25-20(29)15(31-21(25)30)11-14-18(24-9-6-13(7-10-24)16(22)27)23-17-12(2)5-4-8-26(17)19(14)28/h4-5,8,11,13H,3,6-7,9-10H2,1-2H3,(H2,22,27). The zero-order valence-corrected chi connectivity index (χ0v) is 19.0. The second-order valence-electron chi connectivity index (χ2n) is 7.63. The summed E-state index contributed by atoms with van der Waals surface area (Å²) in [6.45, 7) is 5.34. The molecule has 2 aromatic heterocycles. The molecule has 4 rings (SSSR count). The van der Waals surface area contributed by atoms with Gasteiger partial charge in [-0.2, -0.15) is 0 Å². The third kappa shape index (κ3) is 3.85. The molecule has 2 aromatic rings. The van der Waals surface area contributed by atoms with Crippen LogP contribution in [0.4, 0.5) is 5.82 Å². The monoisotopic (exact) mass is 457 g/mol. The number of rotatable bonds is 4. The Kier molecular flexibility index (Phi) is 5.85. The summed E-state index contributed by atoms with van der Waals surface area (Å²) < 4.78 is 1.98. The fourth-order valence-electron chi connectivity index (χ4n) is 3.95. The van der Waals surface area contributed by atoms with E-state index in [1.165, 1.54) is 21.1 Å². The van der Waals surface area contributed by atoms with E-state index >= 15 is 0 Å². The Morgan fingerprint density at radius 3 is 2.68 bits per heavy atom. The Labute approximate surface area is 189 Å². The number of anilines is 1. The van der Waals surface area contributed by atoms with Crippen LogP contribution in [0.3, 0.4) is 0 Å². The normalized spacial score (nSPS) is 19.1. The molecule has 0 saturated carbocycles. The lowest BCUT2D eigenvalue weighted by molar-refractivity contribution is -0.123. The summed E-state index contributed by atoms with van der Waals surface area (Å²) in [6.07, 6.45) is 4.48. The highest BCUT2D eigenvalue weighted by Crippen LogP contribution is 2.34. The smallest absolute Gasteiger partial charge is 0.267 e. The number of primary amides is 1. The number of nitrogens with two attached hydrogens (primary N) is 1. The molecule has 0 radical (unpaired) electrons. The van der Waals surface area contributed by atoms with Gasteiger partial charge in [0.25, 0.3) is 11.5 Å². The van der Waals surface area contributed by atoms with Crippen molar-refractivity contribution in [1.29, 1.82) is 0 Å². The summed E-state index contributed by atoms with van der Waals surface area (Å²) in [7, 11) is 0. The van der Waals surface area contributed by atoms with Crippen molar-refractivity contribution in [2.75, 3.05) is 24.5 Å². The molecule has 10 heteroatoms. The van der Waals surface area contributed by atoms with Gasteiger partial charge in [-0.15, -0.1) is 0 Å². The first kappa shape index (κ1) is 21.5. The van der Waals surface area contributed by atoms with Crippen LogP contribution in [0.15, 0.2) is 28.0 Å². The van der Waals surface area contributed by atoms with Gasteiger partial charge in [-0.1, -0.05) is 30.0 Å². The number of aryl methyl sites for hydroxylation is 1. The number of hydrogen-bond acceptors (Lipinski definition) is 7. The minimum atomic E-state index is -0.300. The first-order chi connectivity index (χ1) is 14.8. The van der Waals surface area contributed by atoms with E-state index < -0.39 is 0 Å². The number of carbonyl (C=O) groups excluding carboxylic acids is 2. The number of amides is 2. The van der Waals surface area contributed by atoms with Gasteiger partial charge >= 0.3 is 0 Å². The molecule has 0 spiro atoms. The Morgan fingerprint density at radius 2 is 2.06 bits per heavy atom. The van der Waals surface area contributed by atoms with Crippen LogP contribution < -0.4 is 16.2 Å². The quantitative estimate of drug-likeness (QED) is 0.553. The number of thioether (sulfide) groups is 1. The molecule has 0 aliphatic carbocycles. The highest BCUT2D eigenvalue weighted by molar-refractivity contribution is 8.26. The van der Waals surface area contributed by atoms with Crippen LogP contribution in [0.5, 0.6) is 0 Å². The van der Waals surface area contributed by atoms with Gasteiger partial charge in [-0.25, -0.2) is 4.98 Å². The van der Waals surface area contributed by atoms with E-state index in [4.69, 9.17) is 22.9 Å². The second-order valence-corrected chi connectivity index (χ2v) is 9.30. The van der Waals surface area contributed by atoms with Crippen molar-refractivity contribution in [1.82, 2.24) is 14.3 Å². The third-order valence-corrected chi connectivity index (χ3v) is 7.10. The maximum atomic E-state index is 13.5. The van der Waals surface area contributed by atoms with Crippen LogP contribution in [0.1, 0.15) is 30.9 Å². The van der Waals surface area contributed by atoms with Crippen molar-refractivity contribution in [3.63, 3.8) is 0 Å². The van der Waals surface area contributed by atoms with Gasteiger partial charge in [-0.05, 0) is 44.4 Å². The third-order valence-electron chi connectivity index (χ3n) is 5.73. The van der Waals surface area contributed by atoms with Gasteiger partial charge in [0, 0.05) is 31.7 Å². The molecule has 8 nitrogen and oxygen atoms in total. The number of fused-ring (bicyclic) bond motifs is 1. The largest absolute Gasteiger partial charge is 0.369 e. The van der Waals surface area contributed by atoms with Crippen molar-refractivity contribution in [2.24, 2.45) is 11.7 Å². The number of carbonyl (C=O) groups is 2. The van der Waals surface area contributed by atoms with Gasteiger partial charge in [-0.3, -0.25) is 23.7 Å². The van der Waals surface area contributed by atoms with Crippen molar-refractivity contribution >= 4 is 57.7 Å². The molecule has 4 heterocycles. The molecular weight excluding hydrogens is 434 g/mol. The van der Waals surface area contributed by atoms with Gasteiger partial charge in [0.15, 0.2) is 0 Å². The predicted molar refractivity (Wildman–Crippen MR) is 126 cm³/mol. The minimum absolute atomic E-state index is 0.177. The zero-order chi connectivity index (χ0) is 22.3. The molecule has 2 aliphatic heterocycles. The molecule has 2 aliphatic rings. The Bertz CT molecular complexity index is 1180. The number of pyridine rings is 1. The average Bonchev–Trinajstić information content (AvgIpc) is 3.02. The van der Waals surface area contributed by atoms with Crippen molar-refractivity contribution < 1.29 is 9.59 Å². The molecule has 0 unspecified atom stereocenters. The highest BCUT2D eigenvalue weighted by Gasteiger charge is 2.32. The number of piperidine rings is 1. The molecular formula is C21H23N5O3S2. The summed E-state index contributed by atoms with van der Waals surface area (Å²) in [5.41, 5.74) is 7.01. The van der Waals surface area contributed by atoms with Crippen LogP contribution >= 0.6 is 24.0 Å². The van der Waals surface area contributed by atoms with E-state index in [0.717, 1.165) is 5.56 Å². The fourth-order valence-corrected chi connectivity index (χ4v) is 5.31. The van der Waals surface area contributed by atoms with Gasteiger partial charge in [0.05, 0.1) is 10.5 Å². The van der Waals surface area contributed by atoms with Crippen molar-refractivity contribution in [3.8, 4) is 0 Å². The lowest BCUT2D eigenvalue weighted by atomic mass is 9.96. The minimum Gasteiger partial charge on any atom is -0.369 e. The number of hydrogen-bond donors (Lipinski definition) is 1. The average molecular weight is 458 g/mol. The predicted octanol–water partition coefficient (Wildman–Crippen LogP) is 1.93. The first-order valence-corrected chi connectivity index (χ1v) is 11.4.